The third-order valence-electron chi connectivity index (χ3n) is 3.79. The van der Waals surface area contributed by atoms with Gasteiger partial charge in [0.15, 0.2) is 17.6 Å². The van der Waals surface area contributed by atoms with Crippen molar-refractivity contribution in [3.63, 3.8) is 0 Å². The van der Waals surface area contributed by atoms with Crippen LogP contribution in [0.5, 0.6) is 0 Å². The molecule has 0 amide bonds. The van der Waals surface area contributed by atoms with Gasteiger partial charge >= 0.3 is 0 Å². The molecular formula is C14H20FN5O. The molecule has 0 aromatic carbocycles. The van der Waals surface area contributed by atoms with Gasteiger partial charge in [-0.2, -0.15) is 0 Å². The van der Waals surface area contributed by atoms with E-state index in [1.807, 2.05) is 9.80 Å². The van der Waals surface area contributed by atoms with Crippen LogP contribution in [0.4, 0.5) is 10.2 Å². The largest absolute Gasteiger partial charge is 0.378 e. The molecule has 2 aliphatic heterocycles. The van der Waals surface area contributed by atoms with Gasteiger partial charge in [0, 0.05) is 32.4 Å². The van der Waals surface area contributed by atoms with Gasteiger partial charge < -0.3 is 20.3 Å². The molecule has 0 radical (unpaired) electrons. The second-order valence-corrected chi connectivity index (χ2v) is 5.26. The monoisotopic (exact) mass is 293 g/mol. The van der Waals surface area contributed by atoms with Crippen LogP contribution in [0.1, 0.15) is 12.0 Å². The summed E-state index contributed by atoms with van der Waals surface area (Å²) >= 11 is 0. The van der Waals surface area contributed by atoms with Crippen LogP contribution in [-0.4, -0.2) is 55.2 Å². The molecule has 21 heavy (non-hydrogen) atoms. The summed E-state index contributed by atoms with van der Waals surface area (Å²) in [5.41, 5.74) is 6.58. The highest BCUT2D eigenvalue weighted by Crippen LogP contribution is 2.18. The molecule has 3 heterocycles. The molecule has 7 heteroatoms. The first-order chi connectivity index (χ1) is 10.2. The van der Waals surface area contributed by atoms with Gasteiger partial charge in [0.1, 0.15) is 0 Å². The number of halogens is 1. The van der Waals surface area contributed by atoms with E-state index in [2.05, 4.69) is 9.98 Å². The standard InChI is InChI=1S/C14H20FN5O/c15-12-8-11(10-18-14(16)20-2-1-3-20)9-17-13(12)19-4-6-21-7-5-19/h8-9H,1-7,10H2,(H2,16,18). The van der Waals surface area contributed by atoms with Gasteiger partial charge in [-0.15, -0.1) is 0 Å². The molecule has 3 rings (SSSR count). The Labute approximate surface area is 123 Å². The van der Waals surface area contributed by atoms with E-state index >= 15 is 0 Å². The van der Waals surface area contributed by atoms with Crippen molar-refractivity contribution in [1.29, 1.82) is 0 Å². The fraction of sp³-hybridized carbons (Fsp3) is 0.571. The number of hydrogen-bond donors (Lipinski definition) is 1. The zero-order chi connectivity index (χ0) is 14.7. The molecule has 2 saturated heterocycles. The lowest BCUT2D eigenvalue weighted by Gasteiger charge is -2.31. The number of hydrogen-bond acceptors (Lipinski definition) is 4. The van der Waals surface area contributed by atoms with E-state index in [0.717, 1.165) is 25.1 Å². The molecule has 2 N–H and O–H groups in total. The van der Waals surface area contributed by atoms with Crippen molar-refractivity contribution in [3.05, 3.63) is 23.6 Å². The minimum absolute atomic E-state index is 0.313. The van der Waals surface area contributed by atoms with E-state index < -0.39 is 0 Å². The molecule has 6 nitrogen and oxygen atoms in total. The number of aromatic nitrogens is 1. The molecule has 114 valence electrons. The Balaban J connectivity index is 1.65. The topological polar surface area (TPSA) is 67.0 Å². The highest BCUT2D eigenvalue weighted by molar-refractivity contribution is 5.78. The third kappa shape index (κ3) is 3.24. The van der Waals surface area contributed by atoms with Gasteiger partial charge in [-0.1, -0.05) is 0 Å². The average molecular weight is 293 g/mol. The summed E-state index contributed by atoms with van der Waals surface area (Å²) in [6, 6.07) is 1.49. The number of ether oxygens (including phenoxy) is 1. The first-order valence-electron chi connectivity index (χ1n) is 7.26. The van der Waals surface area contributed by atoms with Gasteiger partial charge in [-0.25, -0.2) is 14.4 Å². The summed E-state index contributed by atoms with van der Waals surface area (Å²) in [5.74, 6) is 0.604. The predicted molar refractivity (Wildman–Crippen MR) is 78.7 cm³/mol. The molecule has 2 aliphatic rings. The van der Waals surface area contributed by atoms with E-state index in [1.54, 1.807) is 6.20 Å². The summed E-state index contributed by atoms with van der Waals surface area (Å²) in [6.45, 7) is 4.83. The van der Waals surface area contributed by atoms with Crippen molar-refractivity contribution in [2.75, 3.05) is 44.3 Å². The molecule has 0 aliphatic carbocycles. The maximum absolute atomic E-state index is 14.2. The Morgan fingerprint density at radius 3 is 2.71 bits per heavy atom. The fourth-order valence-corrected chi connectivity index (χ4v) is 2.38. The van der Waals surface area contributed by atoms with E-state index in [0.29, 0.717) is 44.6 Å². The van der Waals surface area contributed by atoms with Crippen LogP contribution < -0.4 is 10.6 Å². The summed E-state index contributed by atoms with van der Waals surface area (Å²) in [7, 11) is 0. The molecule has 0 saturated carbocycles. The zero-order valence-corrected chi connectivity index (χ0v) is 12.0. The number of morpholine rings is 1. The van der Waals surface area contributed by atoms with Crippen molar-refractivity contribution >= 4 is 11.8 Å². The summed E-state index contributed by atoms with van der Waals surface area (Å²) in [6.07, 6.45) is 2.82. The van der Waals surface area contributed by atoms with E-state index in [9.17, 15) is 4.39 Å². The molecule has 0 spiro atoms. The Morgan fingerprint density at radius 2 is 2.10 bits per heavy atom. The molecule has 1 aromatic rings. The summed E-state index contributed by atoms with van der Waals surface area (Å²) in [4.78, 5) is 12.4. The van der Waals surface area contributed by atoms with Crippen LogP contribution >= 0.6 is 0 Å². The number of guanidine groups is 1. The van der Waals surface area contributed by atoms with Crippen molar-refractivity contribution < 1.29 is 9.13 Å². The van der Waals surface area contributed by atoms with Crippen LogP contribution in [0.2, 0.25) is 0 Å². The lowest BCUT2D eigenvalue weighted by Crippen LogP contribution is -2.46. The molecule has 0 unspecified atom stereocenters. The average Bonchev–Trinajstić information content (AvgIpc) is 2.44. The molecule has 1 aromatic heterocycles. The van der Waals surface area contributed by atoms with Gasteiger partial charge in [0.05, 0.1) is 19.8 Å². The van der Waals surface area contributed by atoms with Crippen LogP contribution in [-0.2, 0) is 11.3 Å². The Morgan fingerprint density at radius 1 is 1.33 bits per heavy atom. The summed E-state index contributed by atoms with van der Waals surface area (Å²) < 4.78 is 19.4. The van der Waals surface area contributed by atoms with Gasteiger partial charge in [0.2, 0.25) is 0 Å². The molecule has 0 atom stereocenters. The second-order valence-electron chi connectivity index (χ2n) is 5.26. The Hall–Kier alpha value is -1.89. The minimum atomic E-state index is -0.313. The molecule has 0 bridgehead atoms. The van der Waals surface area contributed by atoms with Crippen molar-refractivity contribution in [1.82, 2.24) is 9.88 Å². The lowest BCUT2D eigenvalue weighted by atomic mass is 10.2. The Kier molecular flexibility index (Phi) is 4.19. The fourth-order valence-electron chi connectivity index (χ4n) is 2.38. The van der Waals surface area contributed by atoms with Gasteiger partial charge in [0.25, 0.3) is 0 Å². The maximum Gasteiger partial charge on any atom is 0.191 e. The van der Waals surface area contributed by atoms with Crippen LogP contribution in [0.15, 0.2) is 17.3 Å². The van der Waals surface area contributed by atoms with Crippen LogP contribution in [0.25, 0.3) is 0 Å². The van der Waals surface area contributed by atoms with Crippen molar-refractivity contribution in [2.45, 2.75) is 13.0 Å². The number of nitrogens with two attached hydrogens (primary N) is 1. The Bertz CT molecular complexity index is 526. The molecular weight excluding hydrogens is 273 g/mol. The van der Waals surface area contributed by atoms with E-state index in [1.165, 1.54) is 6.07 Å². The minimum Gasteiger partial charge on any atom is -0.378 e. The van der Waals surface area contributed by atoms with Crippen molar-refractivity contribution in [3.8, 4) is 0 Å². The summed E-state index contributed by atoms with van der Waals surface area (Å²) in [5, 5.41) is 0. The normalized spacial score (nSPS) is 19.6. The number of anilines is 1. The molecule has 2 fully saturated rings. The maximum atomic E-state index is 14.2. The van der Waals surface area contributed by atoms with E-state index in [-0.39, 0.29) is 5.82 Å². The van der Waals surface area contributed by atoms with Gasteiger partial charge in [-0.3, -0.25) is 0 Å². The number of pyridine rings is 1. The second kappa shape index (κ2) is 6.26. The van der Waals surface area contributed by atoms with Crippen molar-refractivity contribution in [2.24, 2.45) is 10.7 Å². The predicted octanol–water partition coefficient (Wildman–Crippen LogP) is 0.578. The quantitative estimate of drug-likeness (QED) is 0.652. The first-order valence-corrected chi connectivity index (χ1v) is 7.26. The van der Waals surface area contributed by atoms with E-state index in [4.69, 9.17) is 10.5 Å². The number of likely N-dealkylation sites (tertiary alicyclic amines) is 1. The lowest BCUT2D eigenvalue weighted by molar-refractivity contribution is 0.122. The number of aliphatic imine (C=N–C) groups is 1. The zero-order valence-electron chi connectivity index (χ0n) is 12.0. The number of rotatable bonds is 3. The van der Waals surface area contributed by atoms with Gasteiger partial charge in [-0.05, 0) is 18.1 Å². The van der Waals surface area contributed by atoms with Crippen LogP contribution in [0.3, 0.4) is 0 Å². The smallest absolute Gasteiger partial charge is 0.191 e. The number of nitrogens with zero attached hydrogens (tertiary/aromatic N) is 4. The highest BCUT2D eigenvalue weighted by Gasteiger charge is 2.17. The van der Waals surface area contributed by atoms with Crippen LogP contribution in [0, 0.1) is 5.82 Å². The highest BCUT2D eigenvalue weighted by atomic mass is 19.1. The third-order valence-corrected chi connectivity index (χ3v) is 3.79. The first kappa shape index (κ1) is 14.1. The SMILES string of the molecule is NC(=NCc1cnc(N2CCOCC2)c(F)c1)N1CCC1.